The molecule has 3 nitrogen and oxygen atoms in total. The molecule has 1 unspecified atom stereocenters. The van der Waals surface area contributed by atoms with Gasteiger partial charge in [0.05, 0.1) is 5.69 Å². The van der Waals surface area contributed by atoms with E-state index in [1.165, 1.54) is 10.2 Å². The lowest BCUT2D eigenvalue weighted by molar-refractivity contribution is 0.0769. The van der Waals surface area contributed by atoms with Crippen molar-refractivity contribution >= 4 is 21.6 Å². The van der Waals surface area contributed by atoms with E-state index in [1.807, 2.05) is 0 Å². The molecule has 0 aliphatic carbocycles. The van der Waals surface area contributed by atoms with Gasteiger partial charge in [0.25, 0.3) is 0 Å². The third-order valence-corrected chi connectivity index (χ3v) is 4.88. The summed E-state index contributed by atoms with van der Waals surface area (Å²) in [6.45, 7) is 7.43. The molecule has 0 saturated carbocycles. The maximum Gasteiger partial charge on any atom is 0.0511 e. The van der Waals surface area contributed by atoms with E-state index < -0.39 is 0 Å². The van der Waals surface area contributed by atoms with Gasteiger partial charge in [0.15, 0.2) is 0 Å². The van der Waals surface area contributed by atoms with Crippen molar-refractivity contribution in [3.8, 4) is 0 Å². The lowest BCUT2D eigenvalue weighted by atomic mass is 9.94. The third kappa shape index (κ3) is 3.12. The highest BCUT2D eigenvalue weighted by atomic mass is 79.9. The van der Waals surface area contributed by atoms with Gasteiger partial charge < -0.3 is 10.6 Å². The number of para-hydroxylation sites is 1. The first kappa shape index (κ1) is 14.8. The highest BCUT2D eigenvalue weighted by Gasteiger charge is 2.37. The van der Waals surface area contributed by atoms with E-state index >= 15 is 0 Å². The summed E-state index contributed by atoms with van der Waals surface area (Å²) in [6.07, 6.45) is 1.04. The Morgan fingerprint density at radius 2 is 2.05 bits per heavy atom. The zero-order valence-electron chi connectivity index (χ0n) is 12.1. The van der Waals surface area contributed by atoms with Gasteiger partial charge in [0, 0.05) is 29.1 Å². The number of nitrogens with two attached hydrogens (primary N) is 1. The second-order valence-electron chi connectivity index (χ2n) is 5.99. The number of halogens is 1. The summed E-state index contributed by atoms with van der Waals surface area (Å²) in [5.41, 5.74) is 7.21. The fourth-order valence-electron chi connectivity index (χ4n) is 2.88. The van der Waals surface area contributed by atoms with Crippen molar-refractivity contribution in [2.45, 2.75) is 31.8 Å². The molecule has 1 saturated heterocycles. The zero-order valence-corrected chi connectivity index (χ0v) is 13.7. The van der Waals surface area contributed by atoms with Gasteiger partial charge in [0.1, 0.15) is 0 Å². The fraction of sp³-hybridized carbons (Fsp3) is 0.600. The molecule has 19 heavy (non-hydrogen) atoms. The van der Waals surface area contributed by atoms with Crippen LogP contribution in [-0.4, -0.2) is 43.2 Å². The Kier molecular flexibility index (Phi) is 4.54. The number of hydrogen-bond donors (Lipinski definition) is 1. The Bertz CT molecular complexity index is 433. The van der Waals surface area contributed by atoms with E-state index in [-0.39, 0.29) is 5.54 Å². The first-order chi connectivity index (χ1) is 8.95. The van der Waals surface area contributed by atoms with E-state index in [0.717, 1.165) is 26.1 Å². The molecule has 0 aromatic heterocycles. The van der Waals surface area contributed by atoms with Gasteiger partial charge in [-0.15, -0.1) is 0 Å². The number of benzene rings is 1. The molecule has 1 aliphatic heterocycles. The second kappa shape index (κ2) is 5.81. The summed E-state index contributed by atoms with van der Waals surface area (Å²) in [4.78, 5) is 4.96. The van der Waals surface area contributed by atoms with E-state index in [9.17, 15) is 0 Å². The highest BCUT2D eigenvalue weighted by molar-refractivity contribution is 9.10. The van der Waals surface area contributed by atoms with E-state index in [2.05, 4.69) is 70.9 Å². The topological polar surface area (TPSA) is 32.5 Å². The molecule has 2 rings (SSSR count). The number of rotatable bonds is 3. The van der Waals surface area contributed by atoms with Crippen LogP contribution in [0.1, 0.15) is 20.3 Å². The Hall–Kier alpha value is -0.580. The molecule has 106 valence electrons. The average Bonchev–Trinajstić information content (AvgIpc) is 2.35. The highest BCUT2D eigenvalue weighted by Crippen LogP contribution is 2.32. The van der Waals surface area contributed by atoms with Crippen LogP contribution in [-0.2, 0) is 0 Å². The van der Waals surface area contributed by atoms with Gasteiger partial charge in [-0.05, 0) is 61.9 Å². The fourth-order valence-corrected chi connectivity index (χ4v) is 3.42. The summed E-state index contributed by atoms with van der Waals surface area (Å²) in [5, 5.41) is 0. The minimum absolute atomic E-state index is 0.160. The van der Waals surface area contributed by atoms with Gasteiger partial charge in [0.2, 0.25) is 0 Å². The van der Waals surface area contributed by atoms with E-state index in [4.69, 9.17) is 5.73 Å². The van der Waals surface area contributed by atoms with Crippen molar-refractivity contribution in [3.05, 3.63) is 28.7 Å². The second-order valence-corrected chi connectivity index (χ2v) is 6.84. The summed E-state index contributed by atoms with van der Waals surface area (Å²) in [7, 11) is 2.22. The number of nitrogens with zero attached hydrogens (tertiary/aromatic N) is 2. The standard InChI is InChI=1S/C15H24BrN3/c1-15(2)11-19(10-12(8-9-17)18(15)3)14-7-5-4-6-13(14)16/h4-7,12H,8-11,17H2,1-3H3. The van der Waals surface area contributed by atoms with Gasteiger partial charge >= 0.3 is 0 Å². The molecule has 2 N–H and O–H groups in total. The van der Waals surface area contributed by atoms with Crippen LogP contribution < -0.4 is 10.6 Å². The summed E-state index contributed by atoms with van der Waals surface area (Å²) in [6, 6.07) is 8.97. The van der Waals surface area contributed by atoms with Crippen LogP contribution in [0.3, 0.4) is 0 Å². The van der Waals surface area contributed by atoms with Crippen LogP contribution in [0.5, 0.6) is 0 Å². The molecule has 1 aromatic rings. The predicted octanol–water partition coefficient (Wildman–Crippen LogP) is 2.70. The van der Waals surface area contributed by atoms with Crippen molar-refractivity contribution < 1.29 is 0 Å². The molecule has 1 aliphatic rings. The van der Waals surface area contributed by atoms with Crippen molar-refractivity contribution in [3.63, 3.8) is 0 Å². The summed E-state index contributed by atoms with van der Waals surface area (Å²) < 4.78 is 1.17. The number of hydrogen-bond acceptors (Lipinski definition) is 3. The molecule has 0 amide bonds. The molecule has 1 heterocycles. The molecular weight excluding hydrogens is 302 g/mol. The Morgan fingerprint density at radius 3 is 2.68 bits per heavy atom. The number of likely N-dealkylation sites (N-methyl/N-ethyl adjacent to an activating group) is 1. The molecule has 0 radical (unpaired) electrons. The van der Waals surface area contributed by atoms with Gasteiger partial charge in [-0.3, -0.25) is 4.90 Å². The average molecular weight is 326 g/mol. The van der Waals surface area contributed by atoms with Crippen LogP contribution >= 0.6 is 15.9 Å². The van der Waals surface area contributed by atoms with Crippen LogP contribution in [0.4, 0.5) is 5.69 Å². The van der Waals surface area contributed by atoms with Crippen molar-refractivity contribution in [2.24, 2.45) is 5.73 Å². The maximum absolute atomic E-state index is 5.77. The molecule has 1 aromatic carbocycles. The van der Waals surface area contributed by atoms with Crippen molar-refractivity contribution in [1.82, 2.24) is 4.90 Å². The molecular formula is C15H24BrN3. The molecule has 1 atom stereocenters. The lowest BCUT2D eigenvalue weighted by Crippen LogP contribution is -2.63. The van der Waals surface area contributed by atoms with Gasteiger partial charge in [-0.2, -0.15) is 0 Å². The third-order valence-electron chi connectivity index (χ3n) is 4.20. The van der Waals surface area contributed by atoms with E-state index in [0.29, 0.717) is 6.04 Å². The molecule has 4 heteroatoms. The lowest BCUT2D eigenvalue weighted by Gasteiger charge is -2.51. The van der Waals surface area contributed by atoms with Gasteiger partial charge in [-0.1, -0.05) is 12.1 Å². The monoisotopic (exact) mass is 325 g/mol. The first-order valence-corrected chi connectivity index (χ1v) is 7.67. The maximum atomic E-state index is 5.77. The summed E-state index contributed by atoms with van der Waals surface area (Å²) in [5.74, 6) is 0. The summed E-state index contributed by atoms with van der Waals surface area (Å²) >= 11 is 3.66. The number of anilines is 1. The first-order valence-electron chi connectivity index (χ1n) is 6.88. The Morgan fingerprint density at radius 1 is 1.37 bits per heavy atom. The largest absolute Gasteiger partial charge is 0.367 e. The zero-order chi connectivity index (χ0) is 14.0. The minimum atomic E-state index is 0.160. The van der Waals surface area contributed by atoms with Crippen LogP contribution in [0.2, 0.25) is 0 Å². The van der Waals surface area contributed by atoms with Crippen LogP contribution in [0, 0.1) is 0 Å². The molecule has 0 spiro atoms. The smallest absolute Gasteiger partial charge is 0.0511 e. The van der Waals surface area contributed by atoms with Gasteiger partial charge in [-0.25, -0.2) is 0 Å². The normalized spacial score (nSPS) is 23.6. The Balaban J connectivity index is 2.25. The van der Waals surface area contributed by atoms with Crippen LogP contribution in [0.15, 0.2) is 28.7 Å². The quantitative estimate of drug-likeness (QED) is 0.927. The minimum Gasteiger partial charge on any atom is -0.367 e. The van der Waals surface area contributed by atoms with Crippen molar-refractivity contribution in [1.29, 1.82) is 0 Å². The van der Waals surface area contributed by atoms with Crippen molar-refractivity contribution in [2.75, 3.05) is 31.6 Å². The Labute approximate surface area is 124 Å². The number of piperazine rings is 1. The predicted molar refractivity (Wildman–Crippen MR) is 85.7 cm³/mol. The SMILES string of the molecule is CN1C(CCN)CN(c2ccccc2Br)CC1(C)C. The van der Waals surface area contributed by atoms with Crippen LogP contribution in [0.25, 0.3) is 0 Å². The molecule has 0 bridgehead atoms. The van der Waals surface area contributed by atoms with E-state index in [1.54, 1.807) is 0 Å². The molecule has 1 fully saturated rings.